The monoisotopic (exact) mass is 471 g/mol. The van der Waals surface area contributed by atoms with Gasteiger partial charge in [0.15, 0.2) is 5.13 Å². The number of rotatable bonds is 11. The summed E-state index contributed by atoms with van der Waals surface area (Å²) >= 11 is 1.35. The van der Waals surface area contributed by atoms with Crippen molar-refractivity contribution in [2.75, 3.05) is 18.4 Å². The van der Waals surface area contributed by atoms with Crippen LogP contribution in [0.15, 0.2) is 64.9 Å². The molecular formula is C24H29N3O3S2. The summed E-state index contributed by atoms with van der Waals surface area (Å²) in [4.78, 5) is 17.3. The molecule has 2 aromatic carbocycles. The summed E-state index contributed by atoms with van der Waals surface area (Å²) in [6, 6.07) is 15.8. The Bertz CT molecular complexity index is 1100. The lowest BCUT2D eigenvalue weighted by Crippen LogP contribution is -2.33. The maximum Gasteiger partial charge on any atom is 0.257 e. The Morgan fingerprint density at radius 1 is 0.969 bits per heavy atom. The maximum absolute atomic E-state index is 13.1. The SMILES string of the molecule is CCCCN(CCCC)S(=O)(=O)c1ccc(C(=O)Nc2nc(-c3ccccc3)cs2)cc1. The number of unbranched alkanes of at least 4 members (excludes halogenated alkanes) is 2. The number of sulfonamides is 1. The van der Waals surface area contributed by atoms with Crippen molar-refractivity contribution in [1.82, 2.24) is 9.29 Å². The Morgan fingerprint density at radius 2 is 1.59 bits per heavy atom. The quantitative estimate of drug-likeness (QED) is 0.392. The van der Waals surface area contributed by atoms with Gasteiger partial charge in [-0.15, -0.1) is 11.3 Å². The van der Waals surface area contributed by atoms with E-state index in [-0.39, 0.29) is 10.8 Å². The van der Waals surface area contributed by atoms with Gasteiger partial charge < -0.3 is 0 Å². The lowest BCUT2D eigenvalue weighted by molar-refractivity contribution is 0.102. The summed E-state index contributed by atoms with van der Waals surface area (Å²) in [5.41, 5.74) is 2.16. The second-order valence-corrected chi connectivity index (χ2v) is 10.3. The Labute approximate surface area is 194 Å². The van der Waals surface area contributed by atoms with E-state index in [1.807, 2.05) is 49.6 Å². The molecule has 0 aliphatic carbocycles. The number of anilines is 1. The second-order valence-electron chi connectivity index (χ2n) is 7.49. The van der Waals surface area contributed by atoms with Gasteiger partial charge in [0, 0.05) is 29.6 Å². The van der Waals surface area contributed by atoms with Gasteiger partial charge in [-0.05, 0) is 37.1 Å². The summed E-state index contributed by atoms with van der Waals surface area (Å²) in [6.07, 6.45) is 3.50. The van der Waals surface area contributed by atoms with E-state index in [9.17, 15) is 13.2 Å². The van der Waals surface area contributed by atoms with Crippen molar-refractivity contribution in [3.63, 3.8) is 0 Å². The zero-order chi connectivity index (χ0) is 23.0. The predicted octanol–water partition coefficient (Wildman–Crippen LogP) is 5.65. The number of nitrogens with one attached hydrogen (secondary N) is 1. The molecule has 0 unspecified atom stereocenters. The average Bonchev–Trinajstić information content (AvgIpc) is 3.28. The van der Waals surface area contributed by atoms with Crippen molar-refractivity contribution in [1.29, 1.82) is 0 Å². The summed E-state index contributed by atoms with van der Waals surface area (Å²) in [7, 11) is -3.58. The van der Waals surface area contributed by atoms with Crippen molar-refractivity contribution >= 4 is 32.4 Å². The van der Waals surface area contributed by atoms with Gasteiger partial charge in [0.1, 0.15) is 0 Å². The first-order valence-electron chi connectivity index (χ1n) is 10.9. The molecule has 170 valence electrons. The van der Waals surface area contributed by atoms with Crippen LogP contribution in [0.25, 0.3) is 11.3 Å². The highest BCUT2D eigenvalue weighted by Crippen LogP contribution is 2.25. The molecule has 8 heteroatoms. The van der Waals surface area contributed by atoms with Crippen LogP contribution in [0.5, 0.6) is 0 Å². The molecule has 6 nitrogen and oxygen atoms in total. The molecule has 3 rings (SSSR count). The summed E-state index contributed by atoms with van der Waals surface area (Å²) in [5.74, 6) is -0.322. The molecule has 0 aliphatic heterocycles. The Kier molecular flexibility index (Phi) is 8.55. The zero-order valence-electron chi connectivity index (χ0n) is 18.5. The fraction of sp³-hybridized carbons (Fsp3) is 0.333. The van der Waals surface area contributed by atoms with Crippen LogP contribution in [0.3, 0.4) is 0 Å². The first kappa shape index (κ1) is 24.1. The van der Waals surface area contributed by atoms with E-state index in [1.165, 1.54) is 23.5 Å². The lowest BCUT2D eigenvalue weighted by Gasteiger charge is -2.22. The molecule has 0 atom stereocenters. The number of amides is 1. The van der Waals surface area contributed by atoms with Crippen molar-refractivity contribution in [3.05, 3.63) is 65.5 Å². The van der Waals surface area contributed by atoms with Gasteiger partial charge in [0.05, 0.1) is 10.6 Å². The second kappa shape index (κ2) is 11.4. The number of aromatic nitrogens is 1. The van der Waals surface area contributed by atoms with E-state index in [2.05, 4.69) is 10.3 Å². The van der Waals surface area contributed by atoms with Crippen LogP contribution in [-0.4, -0.2) is 36.7 Å². The average molecular weight is 472 g/mol. The van der Waals surface area contributed by atoms with Crippen LogP contribution < -0.4 is 5.32 Å². The van der Waals surface area contributed by atoms with E-state index in [1.54, 1.807) is 16.4 Å². The van der Waals surface area contributed by atoms with Crippen LogP contribution in [-0.2, 0) is 10.0 Å². The van der Waals surface area contributed by atoms with Gasteiger partial charge >= 0.3 is 0 Å². The van der Waals surface area contributed by atoms with Crippen LogP contribution in [0.4, 0.5) is 5.13 Å². The van der Waals surface area contributed by atoms with E-state index in [0.717, 1.165) is 36.9 Å². The number of benzene rings is 2. The third-order valence-electron chi connectivity index (χ3n) is 5.07. The molecule has 1 aromatic heterocycles. The minimum absolute atomic E-state index is 0.210. The molecule has 1 amide bonds. The molecule has 1 heterocycles. The van der Waals surface area contributed by atoms with Gasteiger partial charge in [-0.2, -0.15) is 4.31 Å². The molecule has 32 heavy (non-hydrogen) atoms. The van der Waals surface area contributed by atoms with Gasteiger partial charge in [-0.3, -0.25) is 10.1 Å². The van der Waals surface area contributed by atoms with Crippen molar-refractivity contribution in [2.45, 2.75) is 44.4 Å². The van der Waals surface area contributed by atoms with Crippen LogP contribution in [0.1, 0.15) is 49.9 Å². The van der Waals surface area contributed by atoms with E-state index < -0.39 is 10.0 Å². The topological polar surface area (TPSA) is 79.4 Å². The molecule has 3 aromatic rings. The van der Waals surface area contributed by atoms with Gasteiger partial charge in [-0.1, -0.05) is 57.0 Å². The van der Waals surface area contributed by atoms with Crippen LogP contribution >= 0.6 is 11.3 Å². The molecule has 0 saturated heterocycles. The van der Waals surface area contributed by atoms with Crippen LogP contribution in [0, 0.1) is 0 Å². The largest absolute Gasteiger partial charge is 0.298 e. The molecule has 0 spiro atoms. The number of thiazole rings is 1. The van der Waals surface area contributed by atoms with E-state index in [0.29, 0.717) is 23.8 Å². The number of hydrogen-bond donors (Lipinski definition) is 1. The number of hydrogen-bond acceptors (Lipinski definition) is 5. The van der Waals surface area contributed by atoms with Crippen molar-refractivity contribution in [3.8, 4) is 11.3 Å². The van der Waals surface area contributed by atoms with Gasteiger partial charge in [-0.25, -0.2) is 13.4 Å². The number of nitrogens with zero attached hydrogens (tertiary/aromatic N) is 2. The highest BCUT2D eigenvalue weighted by atomic mass is 32.2. The maximum atomic E-state index is 13.1. The summed E-state index contributed by atoms with van der Waals surface area (Å²) in [6.45, 7) is 5.11. The van der Waals surface area contributed by atoms with Crippen molar-refractivity contribution < 1.29 is 13.2 Å². The van der Waals surface area contributed by atoms with Crippen LogP contribution in [0.2, 0.25) is 0 Å². The Balaban J connectivity index is 1.70. The Hall–Kier alpha value is -2.55. The molecule has 0 fully saturated rings. The zero-order valence-corrected chi connectivity index (χ0v) is 20.1. The first-order valence-corrected chi connectivity index (χ1v) is 13.2. The highest BCUT2D eigenvalue weighted by molar-refractivity contribution is 7.89. The number of carbonyl (C=O) groups excluding carboxylic acids is 1. The van der Waals surface area contributed by atoms with E-state index >= 15 is 0 Å². The highest BCUT2D eigenvalue weighted by Gasteiger charge is 2.23. The van der Waals surface area contributed by atoms with Gasteiger partial charge in [0.2, 0.25) is 10.0 Å². The molecule has 0 aliphatic rings. The lowest BCUT2D eigenvalue weighted by atomic mass is 10.2. The fourth-order valence-electron chi connectivity index (χ4n) is 3.19. The normalized spacial score (nSPS) is 11.6. The fourth-order valence-corrected chi connectivity index (χ4v) is 5.42. The molecule has 1 N–H and O–H groups in total. The predicted molar refractivity (Wildman–Crippen MR) is 131 cm³/mol. The van der Waals surface area contributed by atoms with Crippen molar-refractivity contribution in [2.24, 2.45) is 0 Å². The third-order valence-corrected chi connectivity index (χ3v) is 7.74. The molecular weight excluding hydrogens is 442 g/mol. The first-order chi connectivity index (χ1) is 15.5. The molecule has 0 saturated carbocycles. The number of carbonyl (C=O) groups is 1. The standard InChI is InChI=1S/C24H29N3O3S2/c1-3-5-16-27(17-6-4-2)32(29,30)21-14-12-20(13-15-21)23(28)26-24-25-22(18-31-24)19-10-8-7-9-11-19/h7-15,18H,3-6,16-17H2,1-2H3,(H,25,26,28). The van der Waals surface area contributed by atoms with E-state index in [4.69, 9.17) is 0 Å². The summed E-state index contributed by atoms with van der Waals surface area (Å²) in [5, 5.41) is 5.18. The molecule has 0 radical (unpaired) electrons. The molecule has 0 bridgehead atoms. The third kappa shape index (κ3) is 6.03. The minimum Gasteiger partial charge on any atom is -0.298 e. The smallest absolute Gasteiger partial charge is 0.257 e. The van der Waals surface area contributed by atoms with Gasteiger partial charge in [0.25, 0.3) is 5.91 Å². The Morgan fingerprint density at radius 3 is 2.19 bits per heavy atom. The minimum atomic E-state index is -3.58. The summed E-state index contributed by atoms with van der Waals surface area (Å²) < 4.78 is 27.7.